The van der Waals surface area contributed by atoms with Gasteiger partial charge in [0.1, 0.15) is 11.9 Å². The SMILES string of the molecule is CCCNc1cc(C2CCCC2)nc(C2CSCCO2)n1. The zero-order valence-electron chi connectivity index (χ0n) is 12.8. The van der Waals surface area contributed by atoms with Gasteiger partial charge >= 0.3 is 0 Å². The molecule has 2 fully saturated rings. The molecule has 0 bridgehead atoms. The quantitative estimate of drug-likeness (QED) is 0.897. The average molecular weight is 307 g/mol. The molecule has 0 spiro atoms. The fourth-order valence-electron chi connectivity index (χ4n) is 3.04. The summed E-state index contributed by atoms with van der Waals surface area (Å²) in [5, 5.41) is 3.42. The summed E-state index contributed by atoms with van der Waals surface area (Å²) in [6.45, 7) is 3.94. The minimum Gasteiger partial charge on any atom is -0.370 e. The first-order chi connectivity index (χ1) is 10.4. The molecular formula is C16H25N3OS. The van der Waals surface area contributed by atoms with E-state index in [0.29, 0.717) is 5.92 Å². The highest BCUT2D eigenvalue weighted by molar-refractivity contribution is 7.99. The smallest absolute Gasteiger partial charge is 0.160 e. The minimum atomic E-state index is 0.0623. The van der Waals surface area contributed by atoms with Crippen molar-refractivity contribution in [2.24, 2.45) is 0 Å². The number of rotatable bonds is 5. The Morgan fingerprint density at radius 1 is 1.33 bits per heavy atom. The monoisotopic (exact) mass is 307 g/mol. The third-order valence-electron chi connectivity index (χ3n) is 4.20. The number of aromatic nitrogens is 2. The van der Waals surface area contributed by atoms with Gasteiger partial charge in [-0.2, -0.15) is 11.8 Å². The van der Waals surface area contributed by atoms with Crippen LogP contribution in [-0.2, 0) is 4.74 Å². The molecule has 1 aliphatic carbocycles. The van der Waals surface area contributed by atoms with Gasteiger partial charge in [-0.1, -0.05) is 19.8 Å². The van der Waals surface area contributed by atoms with Crippen molar-refractivity contribution in [2.75, 3.05) is 30.0 Å². The molecule has 0 amide bonds. The second-order valence-electron chi connectivity index (χ2n) is 5.88. The normalized spacial score (nSPS) is 23.4. The molecule has 2 aliphatic rings. The summed E-state index contributed by atoms with van der Waals surface area (Å²) in [6, 6.07) is 2.16. The van der Waals surface area contributed by atoms with Crippen LogP contribution < -0.4 is 5.32 Å². The summed E-state index contributed by atoms with van der Waals surface area (Å²) in [4.78, 5) is 9.56. The van der Waals surface area contributed by atoms with Gasteiger partial charge < -0.3 is 10.1 Å². The van der Waals surface area contributed by atoms with Crippen molar-refractivity contribution in [3.05, 3.63) is 17.6 Å². The molecule has 116 valence electrons. The Kier molecular flexibility index (Phi) is 5.36. The molecule has 4 nitrogen and oxygen atoms in total. The summed E-state index contributed by atoms with van der Waals surface area (Å²) in [7, 11) is 0. The third kappa shape index (κ3) is 3.89. The van der Waals surface area contributed by atoms with Gasteiger partial charge in [-0.05, 0) is 19.3 Å². The standard InChI is InChI=1S/C16H25N3OS/c1-2-7-17-15-10-13(12-5-3-4-6-12)18-16(19-15)14-11-21-9-8-20-14/h10,12,14H,2-9,11H2,1H3,(H,17,18,19). The maximum atomic E-state index is 5.87. The molecule has 1 atom stereocenters. The van der Waals surface area contributed by atoms with Crippen LogP contribution in [0.5, 0.6) is 0 Å². The van der Waals surface area contributed by atoms with E-state index < -0.39 is 0 Å². The average Bonchev–Trinajstić information content (AvgIpc) is 3.08. The molecule has 1 saturated carbocycles. The lowest BCUT2D eigenvalue weighted by molar-refractivity contribution is 0.0693. The highest BCUT2D eigenvalue weighted by atomic mass is 32.2. The van der Waals surface area contributed by atoms with Crippen LogP contribution in [0.25, 0.3) is 0 Å². The second kappa shape index (κ2) is 7.45. The molecule has 1 N–H and O–H groups in total. The maximum Gasteiger partial charge on any atom is 0.160 e. The van der Waals surface area contributed by atoms with Gasteiger partial charge in [0.05, 0.1) is 6.61 Å². The van der Waals surface area contributed by atoms with Crippen LogP contribution in [0.2, 0.25) is 0 Å². The van der Waals surface area contributed by atoms with Crippen molar-refractivity contribution in [3.63, 3.8) is 0 Å². The molecule has 21 heavy (non-hydrogen) atoms. The van der Waals surface area contributed by atoms with E-state index in [1.165, 1.54) is 31.4 Å². The predicted octanol–water partition coefficient (Wildman–Crippen LogP) is 3.76. The van der Waals surface area contributed by atoms with Gasteiger partial charge in [0.2, 0.25) is 0 Å². The van der Waals surface area contributed by atoms with Gasteiger partial charge in [0.25, 0.3) is 0 Å². The zero-order chi connectivity index (χ0) is 14.5. The summed E-state index contributed by atoms with van der Waals surface area (Å²) in [5.41, 5.74) is 1.22. The lowest BCUT2D eigenvalue weighted by Gasteiger charge is -2.22. The van der Waals surface area contributed by atoms with Crippen LogP contribution in [0.1, 0.15) is 62.6 Å². The van der Waals surface area contributed by atoms with Crippen molar-refractivity contribution in [1.82, 2.24) is 9.97 Å². The highest BCUT2D eigenvalue weighted by Crippen LogP contribution is 2.35. The van der Waals surface area contributed by atoms with Crippen molar-refractivity contribution >= 4 is 17.6 Å². The fraction of sp³-hybridized carbons (Fsp3) is 0.750. The van der Waals surface area contributed by atoms with Crippen LogP contribution in [0.3, 0.4) is 0 Å². The first-order valence-electron chi connectivity index (χ1n) is 8.19. The number of anilines is 1. The Morgan fingerprint density at radius 2 is 2.19 bits per heavy atom. The molecule has 0 aromatic carbocycles. The van der Waals surface area contributed by atoms with Crippen LogP contribution in [0, 0.1) is 0 Å². The van der Waals surface area contributed by atoms with E-state index in [0.717, 1.165) is 42.7 Å². The Bertz CT molecular complexity index is 457. The Balaban J connectivity index is 1.84. The van der Waals surface area contributed by atoms with Gasteiger partial charge in [-0.15, -0.1) is 0 Å². The molecule has 5 heteroatoms. The first kappa shape index (κ1) is 15.1. The number of hydrogen-bond donors (Lipinski definition) is 1. The van der Waals surface area contributed by atoms with Crippen molar-refractivity contribution in [2.45, 2.75) is 51.0 Å². The lowest BCUT2D eigenvalue weighted by atomic mass is 10.0. The van der Waals surface area contributed by atoms with E-state index in [2.05, 4.69) is 18.3 Å². The van der Waals surface area contributed by atoms with Crippen LogP contribution in [-0.4, -0.2) is 34.6 Å². The van der Waals surface area contributed by atoms with Crippen LogP contribution in [0.15, 0.2) is 6.07 Å². The van der Waals surface area contributed by atoms with Crippen LogP contribution >= 0.6 is 11.8 Å². The Hall–Kier alpha value is -0.810. The summed E-state index contributed by atoms with van der Waals surface area (Å²) >= 11 is 1.93. The van der Waals surface area contributed by atoms with Gasteiger partial charge in [0, 0.05) is 35.7 Å². The number of nitrogens with one attached hydrogen (secondary N) is 1. The highest BCUT2D eigenvalue weighted by Gasteiger charge is 2.24. The summed E-state index contributed by atoms with van der Waals surface area (Å²) in [5.74, 6) is 4.53. The summed E-state index contributed by atoms with van der Waals surface area (Å²) in [6.07, 6.45) is 6.36. The number of thioether (sulfide) groups is 1. The van der Waals surface area contributed by atoms with E-state index >= 15 is 0 Å². The van der Waals surface area contributed by atoms with Gasteiger partial charge in [-0.3, -0.25) is 0 Å². The molecule has 1 aliphatic heterocycles. The number of hydrogen-bond acceptors (Lipinski definition) is 5. The summed E-state index contributed by atoms with van der Waals surface area (Å²) < 4.78 is 5.87. The third-order valence-corrected chi connectivity index (χ3v) is 5.19. The predicted molar refractivity (Wildman–Crippen MR) is 88.0 cm³/mol. The molecule has 3 rings (SSSR count). The molecule has 0 radical (unpaired) electrons. The maximum absolute atomic E-state index is 5.87. The lowest BCUT2D eigenvalue weighted by Crippen LogP contribution is -2.20. The van der Waals surface area contributed by atoms with Gasteiger partial charge in [-0.25, -0.2) is 9.97 Å². The van der Waals surface area contributed by atoms with E-state index in [9.17, 15) is 0 Å². The van der Waals surface area contributed by atoms with E-state index in [1.54, 1.807) is 0 Å². The number of ether oxygens (including phenoxy) is 1. The Labute approximate surface area is 131 Å². The van der Waals surface area contributed by atoms with E-state index in [-0.39, 0.29) is 6.10 Å². The van der Waals surface area contributed by atoms with Gasteiger partial charge in [0.15, 0.2) is 5.82 Å². The Morgan fingerprint density at radius 3 is 2.90 bits per heavy atom. The van der Waals surface area contributed by atoms with E-state index in [1.807, 2.05) is 11.8 Å². The van der Waals surface area contributed by atoms with E-state index in [4.69, 9.17) is 14.7 Å². The molecule has 1 aromatic rings. The largest absolute Gasteiger partial charge is 0.370 e. The van der Waals surface area contributed by atoms with Crippen LogP contribution in [0.4, 0.5) is 5.82 Å². The molecular weight excluding hydrogens is 282 g/mol. The first-order valence-corrected chi connectivity index (χ1v) is 9.34. The number of nitrogens with zero attached hydrogens (tertiary/aromatic N) is 2. The van der Waals surface area contributed by atoms with Crippen molar-refractivity contribution < 1.29 is 4.74 Å². The van der Waals surface area contributed by atoms with Crippen molar-refractivity contribution in [3.8, 4) is 0 Å². The topological polar surface area (TPSA) is 47.0 Å². The minimum absolute atomic E-state index is 0.0623. The molecule has 1 unspecified atom stereocenters. The molecule has 1 aromatic heterocycles. The zero-order valence-corrected chi connectivity index (χ0v) is 13.6. The second-order valence-corrected chi connectivity index (χ2v) is 7.03. The van der Waals surface area contributed by atoms with Crippen molar-refractivity contribution in [1.29, 1.82) is 0 Å². The fourth-order valence-corrected chi connectivity index (χ4v) is 3.88. The molecule has 2 heterocycles. The molecule has 1 saturated heterocycles.